The number of hydrogen-bond acceptors (Lipinski definition) is 2. The van der Waals surface area contributed by atoms with Crippen LogP contribution in [0.2, 0.25) is 0 Å². The highest BCUT2D eigenvalue weighted by Crippen LogP contribution is 2.26. The molecule has 0 aromatic heterocycles. The number of carbonyl (C=O) groups is 2. The first-order valence-corrected chi connectivity index (χ1v) is 5.32. The fraction of sp³-hybridized carbons (Fsp3) is 0.667. The molecule has 0 saturated carbocycles. The molecular formula is C12H21NO2. The van der Waals surface area contributed by atoms with Crippen LogP contribution in [-0.2, 0) is 9.59 Å². The Morgan fingerprint density at radius 2 is 1.80 bits per heavy atom. The zero-order valence-electron chi connectivity index (χ0n) is 10.2. The van der Waals surface area contributed by atoms with Gasteiger partial charge in [-0.15, -0.1) is 0 Å². The third-order valence-corrected chi connectivity index (χ3v) is 3.17. The van der Waals surface area contributed by atoms with Crippen LogP contribution in [0, 0.1) is 5.41 Å². The summed E-state index contributed by atoms with van der Waals surface area (Å²) < 4.78 is 0. The molecule has 15 heavy (non-hydrogen) atoms. The zero-order chi connectivity index (χ0) is 12.1. The molecule has 0 aliphatic carbocycles. The van der Waals surface area contributed by atoms with Crippen LogP contribution in [-0.4, -0.2) is 30.2 Å². The second-order valence-electron chi connectivity index (χ2n) is 4.09. The lowest BCUT2D eigenvalue weighted by Crippen LogP contribution is -2.38. The number of amides is 1. The summed E-state index contributed by atoms with van der Waals surface area (Å²) >= 11 is 0. The molecule has 0 unspecified atom stereocenters. The van der Waals surface area contributed by atoms with Gasteiger partial charge in [-0.2, -0.15) is 0 Å². The van der Waals surface area contributed by atoms with Gasteiger partial charge in [0.1, 0.15) is 0 Å². The van der Waals surface area contributed by atoms with E-state index in [4.69, 9.17) is 0 Å². The molecule has 0 aromatic rings. The Hall–Kier alpha value is -1.12. The SMILES string of the molecule is C=CC(=O)N(C)CC(=O)C(C)(CC)CC. The average Bonchev–Trinajstić information content (AvgIpc) is 2.26. The fourth-order valence-electron chi connectivity index (χ4n) is 1.28. The fourth-order valence-corrected chi connectivity index (χ4v) is 1.28. The Bertz CT molecular complexity index is 254. The highest BCUT2D eigenvalue weighted by Gasteiger charge is 2.29. The summed E-state index contributed by atoms with van der Waals surface area (Å²) in [5, 5.41) is 0. The molecule has 0 bridgehead atoms. The molecule has 0 rings (SSSR count). The summed E-state index contributed by atoms with van der Waals surface area (Å²) in [4.78, 5) is 24.5. The number of likely N-dealkylation sites (N-methyl/N-ethyl adjacent to an activating group) is 1. The van der Waals surface area contributed by atoms with E-state index in [1.54, 1.807) is 7.05 Å². The smallest absolute Gasteiger partial charge is 0.246 e. The van der Waals surface area contributed by atoms with Gasteiger partial charge in [-0.25, -0.2) is 0 Å². The van der Waals surface area contributed by atoms with Crippen LogP contribution in [0.4, 0.5) is 0 Å². The highest BCUT2D eigenvalue weighted by molar-refractivity contribution is 5.93. The van der Waals surface area contributed by atoms with Crippen molar-refractivity contribution < 1.29 is 9.59 Å². The molecule has 3 nitrogen and oxygen atoms in total. The molecule has 3 heteroatoms. The summed E-state index contributed by atoms with van der Waals surface area (Å²) in [7, 11) is 1.62. The third-order valence-electron chi connectivity index (χ3n) is 3.17. The van der Waals surface area contributed by atoms with Crippen molar-refractivity contribution in [2.75, 3.05) is 13.6 Å². The van der Waals surface area contributed by atoms with E-state index in [9.17, 15) is 9.59 Å². The molecule has 0 aliphatic rings. The van der Waals surface area contributed by atoms with Crippen molar-refractivity contribution in [2.45, 2.75) is 33.6 Å². The van der Waals surface area contributed by atoms with Gasteiger partial charge in [-0.1, -0.05) is 27.4 Å². The standard InChI is InChI=1S/C12H21NO2/c1-6-11(15)13(5)9-10(14)12(4,7-2)8-3/h6H,1,7-9H2,2-5H3. The number of hydrogen-bond donors (Lipinski definition) is 0. The van der Waals surface area contributed by atoms with E-state index in [0.717, 1.165) is 12.8 Å². The van der Waals surface area contributed by atoms with Gasteiger partial charge in [0, 0.05) is 12.5 Å². The van der Waals surface area contributed by atoms with E-state index in [1.807, 2.05) is 20.8 Å². The normalized spacial score (nSPS) is 10.9. The van der Waals surface area contributed by atoms with Gasteiger partial charge >= 0.3 is 0 Å². The van der Waals surface area contributed by atoms with E-state index in [0.29, 0.717) is 0 Å². The Labute approximate surface area is 92.1 Å². The summed E-state index contributed by atoms with van der Waals surface area (Å²) in [5.74, 6) is -0.0943. The summed E-state index contributed by atoms with van der Waals surface area (Å²) in [6, 6.07) is 0. The summed E-state index contributed by atoms with van der Waals surface area (Å²) in [6.45, 7) is 9.50. The molecule has 0 saturated heterocycles. The molecule has 86 valence electrons. The van der Waals surface area contributed by atoms with Crippen molar-refractivity contribution in [3.8, 4) is 0 Å². The van der Waals surface area contributed by atoms with Gasteiger partial charge in [0.25, 0.3) is 0 Å². The van der Waals surface area contributed by atoms with Crippen LogP contribution < -0.4 is 0 Å². The van der Waals surface area contributed by atoms with Gasteiger partial charge < -0.3 is 4.90 Å². The molecule has 0 aliphatic heterocycles. The Balaban J connectivity index is 4.48. The minimum absolute atomic E-state index is 0.116. The molecule has 0 radical (unpaired) electrons. The van der Waals surface area contributed by atoms with Crippen LogP contribution in [0.15, 0.2) is 12.7 Å². The minimum Gasteiger partial charge on any atom is -0.335 e. The maximum atomic E-state index is 11.9. The second-order valence-corrected chi connectivity index (χ2v) is 4.09. The van der Waals surface area contributed by atoms with E-state index < -0.39 is 0 Å². The van der Waals surface area contributed by atoms with Gasteiger partial charge in [0.15, 0.2) is 5.78 Å². The van der Waals surface area contributed by atoms with Crippen molar-refractivity contribution >= 4 is 11.7 Å². The minimum atomic E-state index is -0.310. The van der Waals surface area contributed by atoms with Crippen LogP contribution in [0.5, 0.6) is 0 Å². The molecular weight excluding hydrogens is 190 g/mol. The van der Waals surface area contributed by atoms with Gasteiger partial charge in [0.2, 0.25) is 5.91 Å². The van der Waals surface area contributed by atoms with Crippen molar-refractivity contribution in [3.05, 3.63) is 12.7 Å². The second kappa shape index (κ2) is 5.69. The van der Waals surface area contributed by atoms with E-state index in [1.165, 1.54) is 11.0 Å². The highest BCUT2D eigenvalue weighted by atomic mass is 16.2. The summed E-state index contributed by atoms with van der Waals surface area (Å²) in [6.07, 6.45) is 2.83. The lowest BCUT2D eigenvalue weighted by Gasteiger charge is -2.27. The first-order valence-electron chi connectivity index (χ1n) is 5.32. The lowest BCUT2D eigenvalue weighted by atomic mass is 9.80. The van der Waals surface area contributed by atoms with Crippen molar-refractivity contribution in [2.24, 2.45) is 5.41 Å². The number of Topliss-reactive ketones (excluding diaryl/α,β-unsaturated/α-hetero) is 1. The van der Waals surface area contributed by atoms with Gasteiger partial charge in [-0.3, -0.25) is 9.59 Å². The topological polar surface area (TPSA) is 37.4 Å². The summed E-state index contributed by atoms with van der Waals surface area (Å²) in [5.41, 5.74) is -0.310. The van der Waals surface area contributed by atoms with Crippen LogP contribution in [0.1, 0.15) is 33.6 Å². The first-order chi connectivity index (χ1) is 6.91. The molecule has 0 N–H and O–H groups in total. The van der Waals surface area contributed by atoms with Gasteiger partial charge in [-0.05, 0) is 18.9 Å². The predicted molar refractivity (Wildman–Crippen MR) is 61.5 cm³/mol. The third kappa shape index (κ3) is 3.50. The Morgan fingerprint density at radius 1 is 1.33 bits per heavy atom. The molecule has 0 aromatic carbocycles. The lowest BCUT2D eigenvalue weighted by molar-refractivity contribution is -0.135. The molecule has 0 heterocycles. The number of nitrogens with zero attached hydrogens (tertiary/aromatic N) is 1. The van der Waals surface area contributed by atoms with E-state index in [2.05, 4.69) is 6.58 Å². The van der Waals surface area contributed by atoms with Crippen LogP contribution in [0.25, 0.3) is 0 Å². The van der Waals surface area contributed by atoms with E-state index >= 15 is 0 Å². The number of carbonyl (C=O) groups excluding carboxylic acids is 2. The number of ketones is 1. The van der Waals surface area contributed by atoms with E-state index in [-0.39, 0.29) is 23.7 Å². The van der Waals surface area contributed by atoms with Crippen LogP contribution >= 0.6 is 0 Å². The molecule has 0 spiro atoms. The first kappa shape index (κ1) is 13.9. The molecule has 0 fully saturated rings. The predicted octanol–water partition coefficient (Wildman–Crippen LogP) is 2.03. The maximum Gasteiger partial charge on any atom is 0.246 e. The van der Waals surface area contributed by atoms with Crippen molar-refractivity contribution in [1.29, 1.82) is 0 Å². The van der Waals surface area contributed by atoms with Crippen molar-refractivity contribution in [3.63, 3.8) is 0 Å². The molecule has 1 amide bonds. The number of rotatable bonds is 6. The van der Waals surface area contributed by atoms with Crippen molar-refractivity contribution in [1.82, 2.24) is 4.90 Å². The van der Waals surface area contributed by atoms with Crippen LogP contribution in [0.3, 0.4) is 0 Å². The average molecular weight is 211 g/mol. The quantitative estimate of drug-likeness (QED) is 0.630. The largest absolute Gasteiger partial charge is 0.335 e. The maximum absolute atomic E-state index is 11.9. The Morgan fingerprint density at radius 3 is 2.13 bits per heavy atom. The Kier molecular flexibility index (Phi) is 5.26. The zero-order valence-corrected chi connectivity index (χ0v) is 10.2. The van der Waals surface area contributed by atoms with Gasteiger partial charge in [0.05, 0.1) is 6.54 Å². The monoisotopic (exact) mass is 211 g/mol. The molecule has 0 atom stereocenters.